The van der Waals surface area contributed by atoms with E-state index in [-0.39, 0.29) is 0 Å². The number of halogens is 1. The van der Waals surface area contributed by atoms with E-state index in [0.29, 0.717) is 0 Å². The molecule has 0 saturated heterocycles. The van der Waals surface area contributed by atoms with Crippen LogP contribution in [0.4, 0.5) is 0 Å². The lowest BCUT2D eigenvalue weighted by Crippen LogP contribution is -2.00. The first-order chi connectivity index (χ1) is 19.3. The van der Waals surface area contributed by atoms with E-state index in [1.165, 1.54) is 54.7 Å². The van der Waals surface area contributed by atoms with E-state index in [0.717, 1.165) is 15.8 Å². The second-order valence-corrected chi connectivity index (χ2v) is 10.9. The highest BCUT2D eigenvalue weighted by Gasteiger charge is 2.17. The van der Waals surface area contributed by atoms with E-state index in [1.54, 1.807) is 0 Å². The molecule has 2 aromatic heterocycles. The van der Waals surface area contributed by atoms with Gasteiger partial charge in [-0.05, 0) is 65.7 Å². The summed E-state index contributed by atoms with van der Waals surface area (Å²) in [5.41, 5.74) is 9.46. The second-order valence-electron chi connectivity index (χ2n) is 9.99. The number of para-hydroxylation sites is 4. The predicted octanol–water partition coefficient (Wildman–Crippen LogP) is 10.3. The fraction of sp³-hybridized carbons (Fsp3) is 0. The summed E-state index contributed by atoms with van der Waals surface area (Å²) in [5.74, 6) is 0. The van der Waals surface area contributed by atoms with Gasteiger partial charge in [-0.25, -0.2) is 0 Å². The Hall–Kier alpha value is -4.60. The predicted molar refractivity (Wildman–Crippen MR) is 168 cm³/mol. The van der Waals surface area contributed by atoms with Crippen LogP contribution in [0.15, 0.2) is 144 Å². The van der Waals surface area contributed by atoms with Gasteiger partial charge in [0.05, 0.1) is 22.1 Å². The van der Waals surface area contributed by atoms with Crippen LogP contribution in [0.1, 0.15) is 0 Å². The SMILES string of the molecule is Brc1cccc(-c2cc(-n3c4ccccc4c4ccccc43)cc(-n3c4ccccc4c4ccccc43)c2)c1. The summed E-state index contributed by atoms with van der Waals surface area (Å²) in [4.78, 5) is 0. The van der Waals surface area contributed by atoms with Crippen molar-refractivity contribution in [2.45, 2.75) is 0 Å². The minimum absolute atomic E-state index is 1.07. The van der Waals surface area contributed by atoms with Gasteiger partial charge in [0, 0.05) is 37.4 Å². The third-order valence-corrected chi connectivity index (χ3v) is 8.23. The van der Waals surface area contributed by atoms with Crippen LogP contribution in [0, 0.1) is 0 Å². The minimum atomic E-state index is 1.07. The standard InChI is InChI=1S/C36H23BrN2/c37-26-11-9-10-24(20-26)25-21-27(38-33-16-5-1-12-29(33)30-13-2-6-17-34(30)38)23-28(22-25)39-35-18-7-3-14-31(35)32-15-4-8-19-36(32)39/h1-23H. The Morgan fingerprint density at radius 1 is 0.359 bits per heavy atom. The van der Waals surface area contributed by atoms with Crippen molar-refractivity contribution in [3.63, 3.8) is 0 Å². The van der Waals surface area contributed by atoms with Crippen molar-refractivity contribution in [2.24, 2.45) is 0 Å². The van der Waals surface area contributed by atoms with E-state index in [2.05, 4.69) is 165 Å². The largest absolute Gasteiger partial charge is 0.309 e. The molecule has 8 rings (SSSR count). The molecule has 0 N–H and O–H groups in total. The summed E-state index contributed by atoms with van der Waals surface area (Å²) < 4.78 is 5.88. The second kappa shape index (κ2) is 8.72. The average molecular weight is 563 g/mol. The van der Waals surface area contributed by atoms with Crippen molar-refractivity contribution in [3.05, 3.63) is 144 Å². The van der Waals surface area contributed by atoms with E-state index in [4.69, 9.17) is 0 Å². The first-order valence-electron chi connectivity index (χ1n) is 13.1. The van der Waals surface area contributed by atoms with Crippen LogP contribution in [0.3, 0.4) is 0 Å². The molecule has 0 amide bonds. The van der Waals surface area contributed by atoms with Crippen LogP contribution in [-0.4, -0.2) is 9.13 Å². The average Bonchev–Trinajstić information content (AvgIpc) is 3.50. The van der Waals surface area contributed by atoms with Crippen LogP contribution < -0.4 is 0 Å². The quantitative estimate of drug-likeness (QED) is 0.202. The molecule has 0 aliphatic rings. The lowest BCUT2D eigenvalue weighted by molar-refractivity contribution is 1.13. The Labute approximate surface area is 234 Å². The van der Waals surface area contributed by atoms with Crippen LogP contribution in [0.25, 0.3) is 66.1 Å². The molecule has 0 fully saturated rings. The van der Waals surface area contributed by atoms with Crippen molar-refractivity contribution >= 4 is 59.5 Å². The van der Waals surface area contributed by atoms with Gasteiger partial charge in [-0.2, -0.15) is 0 Å². The van der Waals surface area contributed by atoms with Crippen molar-refractivity contribution < 1.29 is 0 Å². The monoisotopic (exact) mass is 562 g/mol. The molecular weight excluding hydrogens is 540 g/mol. The van der Waals surface area contributed by atoms with Gasteiger partial charge in [-0.15, -0.1) is 0 Å². The summed E-state index contributed by atoms with van der Waals surface area (Å²) in [6.07, 6.45) is 0. The van der Waals surface area contributed by atoms with Crippen LogP contribution in [0.2, 0.25) is 0 Å². The highest BCUT2D eigenvalue weighted by atomic mass is 79.9. The molecule has 39 heavy (non-hydrogen) atoms. The van der Waals surface area contributed by atoms with Gasteiger partial charge in [-0.1, -0.05) is 101 Å². The maximum Gasteiger partial charge on any atom is 0.0541 e. The van der Waals surface area contributed by atoms with E-state index < -0.39 is 0 Å². The topological polar surface area (TPSA) is 9.86 Å². The summed E-state index contributed by atoms with van der Waals surface area (Å²) in [5, 5.41) is 5.05. The Morgan fingerprint density at radius 2 is 0.769 bits per heavy atom. The third-order valence-electron chi connectivity index (χ3n) is 7.74. The van der Waals surface area contributed by atoms with Gasteiger partial charge in [-0.3, -0.25) is 0 Å². The third kappa shape index (κ3) is 3.47. The summed E-state index contributed by atoms with van der Waals surface area (Å²) in [6, 6.07) is 50.3. The number of benzene rings is 6. The zero-order valence-electron chi connectivity index (χ0n) is 21.1. The fourth-order valence-corrected chi connectivity index (χ4v) is 6.49. The lowest BCUT2D eigenvalue weighted by atomic mass is 10.0. The zero-order valence-corrected chi connectivity index (χ0v) is 22.6. The van der Waals surface area contributed by atoms with Gasteiger partial charge >= 0.3 is 0 Å². The highest BCUT2D eigenvalue weighted by molar-refractivity contribution is 9.10. The molecule has 0 aliphatic carbocycles. The molecular formula is C36H23BrN2. The molecule has 0 spiro atoms. The molecule has 0 unspecified atom stereocenters. The normalized spacial score (nSPS) is 11.7. The molecule has 0 atom stereocenters. The maximum absolute atomic E-state index is 3.69. The molecule has 0 radical (unpaired) electrons. The Kier molecular flexibility index (Phi) is 5.01. The Balaban J connectivity index is 1.51. The Morgan fingerprint density at radius 3 is 1.18 bits per heavy atom. The van der Waals surface area contributed by atoms with Gasteiger partial charge in [0.1, 0.15) is 0 Å². The highest BCUT2D eigenvalue weighted by Crippen LogP contribution is 2.37. The van der Waals surface area contributed by atoms with Crippen molar-refractivity contribution in [1.82, 2.24) is 9.13 Å². The number of nitrogens with zero attached hydrogens (tertiary/aromatic N) is 2. The number of hydrogen-bond donors (Lipinski definition) is 0. The maximum atomic E-state index is 3.69. The molecule has 6 aromatic carbocycles. The first kappa shape index (κ1) is 22.4. The molecule has 3 heteroatoms. The number of aromatic nitrogens is 2. The lowest BCUT2D eigenvalue weighted by Gasteiger charge is -2.16. The molecule has 0 aliphatic heterocycles. The molecule has 2 heterocycles. The Bertz CT molecular complexity index is 1960. The fourth-order valence-electron chi connectivity index (χ4n) is 6.09. The molecule has 2 nitrogen and oxygen atoms in total. The summed E-state index contributed by atoms with van der Waals surface area (Å²) >= 11 is 3.69. The number of fused-ring (bicyclic) bond motifs is 6. The summed E-state index contributed by atoms with van der Waals surface area (Å²) in [6.45, 7) is 0. The van der Waals surface area contributed by atoms with Crippen molar-refractivity contribution in [2.75, 3.05) is 0 Å². The summed E-state index contributed by atoms with van der Waals surface area (Å²) in [7, 11) is 0. The molecule has 0 saturated carbocycles. The number of rotatable bonds is 3. The van der Waals surface area contributed by atoms with E-state index in [9.17, 15) is 0 Å². The van der Waals surface area contributed by atoms with Gasteiger partial charge in [0.2, 0.25) is 0 Å². The van der Waals surface area contributed by atoms with Gasteiger partial charge in [0.15, 0.2) is 0 Å². The molecule has 0 bridgehead atoms. The van der Waals surface area contributed by atoms with Crippen molar-refractivity contribution in [1.29, 1.82) is 0 Å². The van der Waals surface area contributed by atoms with E-state index in [1.807, 2.05) is 0 Å². The smallest absolute Gasteiger partial charge is 0.0541 e. The van der Waals surface area contributed by atoms with Crippen LogP contribution in [0.5, 0.6) is 0 Å². The molecule has 8 aromatic rings. The van der Waals surface area contributed by atoms with Gasteiger partial charge < -0.3 is 9.13 Å². The van der Waals surface area contributed by atoms with Gasteiger partial charge in [0.25, 0.3) is 0 Å². The number of hydrogen-bond acceptors (Lipinski definition) is 0. The van der Waals surface area contributed by atoms with Crippen molar-refractivity contribution in [3.8, 4) is 22.5 Å². The minimum Gasteiger partial charge on any atom is -0.309 e. The van der Waals surface area contributed by atoms with Crippen LogP contribution >= 0.6 is 15.9 Å². The first-order valence-corrected chi connectivity index (χ1v) is 13.9. The molecule has 184 valence electrons. The van der Waals surface area contributed by atoms with Crippen LogP contribution in [-0.2, 0) is 0 Å². The zero-order chi connectivity index (χ0) is 25.9. The van der Waals surface area contributed by atoms with E-state index >= 15 is 0 Å².